The van der Waals surface area contributed by atoms with Crippen LogP contribution in [-0.2, 0) is 11.3 Å². The first kappa shape index (κ1) is 25.3. The van der Waals surface area contributed by atoms with E-state index >= 15 is 0 Å². The number of piperidine rings is 1. The molecule has 3 heterocycles. The average Bonchev–Trinajstić information content (AvgIpc) is 3.36. The molecule has 2 fully saturated rings. The van der Waals surface area contributed by atoms with E-state index in [1.54, 1.807) is 7.11 Å². The van der Waals surface area contributed by atoms with Crippen molar-refractivity contribution in [2.45, 2.75) is 65.0 Å². The molecule has 0 N–H and O–H groups in total. The Hall–Kier alpha value is -2.80. The van der Waals surface area contributed by atoms with Crippen LogP contribution in [0.15, 0.2) is 40.8 Å². The Bertz CT molecular complexity index is 1020. The monoisotopic (exact) mass is 481 g/mol. The number of likely N-dealkylation sites (tertiary alicyclic amines) is 1. The Morgan fingerprint density at radius 2 is 1.71 bits per heavy atom. The quantitative estimate of drug-likeness (QED) is 0.469. The number of carbonyl (C=O) groups is 2. The van der Waals surface area contributed by atoms with Crippen molar-refractivity contribution in [2.75, 3.05) is 33.3 Å². The van der Waals surface area contributed by atoms with E-state index in [9.17, 15) is 9.59 Å². The number of amides is 3. The standard InChI is InChI=1S/C28H39N3O4/c1-20(2)18-31-27(33)30(19-23-7-9-24(34-5)10-8-23)26(32)28(31)13-16-29(17-14-28)15-12-21(3)25-11-6-22(4)35-25/h6-11,20-21H,12-19H2,1-5H3. The molecule has 7 heteroatoms. The second-order valence-corrected chi connectivity index (χ2v) is 10.5. The molecule has 35 heavy (non-hydrogen) atoms. The Morgan fingerprint density at radius 1 is 1.03 bits per heavy atom. The van der Waals surface area contributed by atoms with Gasteiger partial charge in [-0.3, -0.25) is 9.69 Å². The van der Waals surface area contributed by atoms with Crippen molar-refractivity contribution in [1.29, 1.82) is 0 Å². The highest BCUT2D eigenvalue weighted by Gasteiger charge is 2.57. The van der Waals surface area contributed by atoms with Crippen LogP contribution in [0.3, 0.4) is 0 Å². The minimum absolute atomic E-state index is 0.0435. The summed E-state index contributed by atoms with van der Waals surface area (Å²) in [5, 5.41) is 0. The smallest absolute Gasteiger partial charge is 0.327 e. The SMILES string of the molecule is COc1ccc(CN2C(=O)N(CC(C)C)C3(CCN(CCC(C)c4ccc(C)o4)CC3)C2=O)cc1. The molecular formula is C28H39N3O4. The molecule has 0 saturated carbocycles. The number of imide groups is 1. The van der Waals surface area contributed by atoms with Crippen LogP contribution in [0.2, 0.25) is 0 Å². The zero-order chi connectivity index (χ0) is 25.2. The van der Waals surface area contributed by atoms with Crippen LogP contribution in [-0.4, -0.2) is 65.5 Å². The van der Waals surface area contributed by atoms with Gasteiger partial charge in [0.25, 0.3) is 5.91 Å². The first-order valence-electron chi connectivity index (χ1n) is 12.8. The van der Waals surface area contributed by atoms with Gasteiger partial charge >= 0.3 is 6.03 Å². The van der Waals surface area contributed by atoms with E-state index in [0.29, 0.717) is 37.8 Å². The van der Waals surface area contributed by atoms with Crippen LogP contribution in [0, 0.1) is 12.8 Å². The van der Waals surface area contributed by atoms with Crippen LogP contribution in [0.25, 0.3) is 0 Å². The van der Waals surface area contributed by atoms with Crippen LogP contribution < -0.4 is 4.74 Å². The fraction of sp³-hybridized carbons (Fsp3) is 0.571. The molecule has 0 bridgehead atoms. The second-order valence-electron chi connectivity index (χ2n) is 10.5. The van der Waals surface area contributed by atoms with Gasteiger partial charge in [-0.05, 0) is 68.5 Å². The fourth-order valence-corrected chi connectivity index (χ4v) is 5.32. The van der Waals surface area contributed by atoms with E-state index in [1.807, 2.05) is 42.2 Å². The van der Waals surface area contributed by atoms with E-state index < -0.39 is 5.54 Å². The van der Waals surface area contributed by atoms with Gasteiger partial charge in [-0.2, -0.15) is 0 Å². The normalized spacial score (nSPS) is 19.3. The van der Waals surface area contributed by atoms with Gasteiger partial charge < -0.3 is 19.0 Å². The van der Waals surface area contributed by atoms with Gasteiger partial charge in [-0.15, -0.1) is 0 Å². The number of hydrogen-bond donors (Lipinski definition) is 0. The molecule has 0 radical (unpaired) electrons. The maximum absolute atomic E-state index is 13.8. The molecule has 2 aliphatic heterocycles. The molecule has 2 aliphatic rings. The molecule has 1 aromatic heterocycles. The second kappa shape index (κ2) is 10.4. The summed E-state index contributed by atoms with van der Waals surface area (Å²) in [6.45, 7) is 11.8. The van der Waals surface area contributed by atoms with Crippen LogP contribution in [0.1, 0.15) is 63.0 Å². The van der Waals surface area contributed by atoms with Crippen molar-refractivity contribution in [1.82, 2.24) is 14.7 Å². The number of rotatable bonds is 9. The van der Waals surface area contributed by atoms with Gasteiger partial charge in [0.2, 0.25) is 0 Å². The van der Waals surface area contributed by atoms with Crippen molar-refractivity contribution in [3.8, 4) is 5.75 Å². The zero-order valence-electron chi connectivity index (χ0n) is 21.8. The Morgan fingerprint density at radius 3 is 2.29 bits per heavy atom. The third-order valence-electron chi connectivity index (χ3n) is 7.48. The number of carbonyl (C=O) groups excluding carboxylic acids is 2. The molecule has 4 rings (SSSR count). The number of hydrogen-bond acceptors (Lipinski definition) is 5. The summed E-state index contributed by atoms with van der Waals surface area (Å²) in [6.07, 6.45) is 2.36. The van der Waals surface area contributed by atoms with E-state index in [4.69, 9.17) is 9.15 Å². The number of ether oxygens (including phenoxy) is 1. The lowest BCUT2D eigenvalue weighted by molar-refractivity contribution is -0.136. The lowest BCUT2D eigenvalue weighted by Crippen LogP contribution is -2.57. The number of urea groups is 1. The molecule has 2 aromatic rings. The third-order valence-corrected chi connectivity index (χ3v) is 7.48. The van der Waals surface area contributed by atoms with E-state index in [2.05, 4.69) is 31.7 Å². The van der Waals surface area contributed by atoms with Crippen molar-refractivity contribution in [3.05, 3.63) is 53.5 Å². The molecule has 7 nitrogen and oxygen atoms in total. The number of aryl methyl sites for hydroxylation is 1. The molecule has 2 saturated heterocycles. The Labute approximate surface area is 209 Å². The lowest BCUT2D eigenvalue weighted by atomic mass is 9.85. The highest BCUT2D eigenvalue weighted by atomic mass is 16.5. The van der Waals surface area contributed by atoms with Crippen molar-refractivity contribution in [2.24, 2.45) is 5.92 Å². The van der Waals surface area contributed by atoms with Crippen LogP contribution >= 0.6 is 0 Å². The van der Waals surface area contributed by atoms with Crippen molar-refractivity contribution < 1.29 is 18.7 Å². The Balaban J connectivity index is 1.43. The number of furan rings is 1. The summed E-state index contributed by atoms with van der Waals surface area (Å²) < 4.78 is 11.0. The van der Waals surface area contributed by atoms with E-state index in [-0.39, 0.29) is 11.9 Å². The topological polar surface area (TPSA) is 66.2 Å². The molecule has 1 aromatic carbocycles. The highest BCUT2D eigenvalue weighted by Crippen LogP contribution is 2.39. The first-order chi connectivity index (χ1) is 16.7. The van der Waals surface area contributed by atoms with Crippen molar-refractivity contribution in [3.63, 3.8) is 0 Å². The van der Waals surface area contributed by atoms with Crippen LogP contribution in [0.4, 0.5) is 4.79 Å². The summed E-state index contributed by atoms with van der Waals surface area (Å²) in [7, 11) is 1.63. The third kappa shape index (κ3) is 5.25. The summed E-state index contributed by atoms with van der Waals surface area (Å²) in [5.41, 5.74) is 0.197. The van der Waals surface area contributed by atoms with E-state index in [0.717, 1.165) is 48.9 Å². The van der Waals surface area contributed by atoms with Crippen molar-refractivity contribution >= 4 is 11.9 Å². The number of nitrogens with zero attached hydrogens (tertiary/aromatic N) is 3. The number of benzene rings is 1. The molecule has 1 unspecified atom stereocenters. The van der Waals surface area contributed by atoms with Gasteiger partial charge in [0.1, 0.15) is 22.8 Å². The van der Waals surface area contributed by atoms with E-state index in [1.165, 1.54) is 4.90 Å². The minimum Gasteiger partial charge on any atom is -0.497 e. The van der Waals surface area contributed by atoms with Gasteiger partial charge in [0, 0.05) is 25.6 Å². The fourth-order valence-electron chi connectivity index (χ4n) is 5.32. The van der Waals surface area contributed by atoms with Crippen LogP contribution in [0.5, 0.6) is 5.75 Å². The molecule has 1 spiro atoms. The molecular weight excluding hydrogens is 442 g/mol. The summed E-state index contributed by atoms with van der Waals surface area (Å²) in [5.74, 6) is 3.34. The summed E-state index contributed by atoms with van der Waals surface area (Å²) in [6, 6.07) is 11.5. The summed E-state index contributed by atoms with van der Waals surface area (Å²) in [4.78, 5) is 33.0. The highest BCUT2D eigenvalue weighted by molar-refractivity contribution is 6.07. The predicted octanol–water partition coefficient (Wildman–Crippen LogP) is 5.05. The lowest BCUT2D eigenvalue weighted by Gasteiger charge is -2.43. The molecule has 1 atom stereocenters. The zero-order valence-corrected chi connectivity index (χ0v) is 21.8. The predicted molar refractivity (Wildman–Crippen MR) is 135 cm³/mol. The average molecular weight is 482 g/mol. The summed E-state index contributed by atoms with van der Waals surface area (Å²) >= 11 is 0. The first-order valence-corrected chi connectivity index (χ1v) is 12.8. The molecule has 0 aliphatic carbocycles. The molecule has 190 valence electrons. The van der Waals surface area contributed by atoms with Gasteiger partial charge in [0.05, 0.1) is 13.7 Å². The van der Waals surface area contributed by atoms with Gasteiger partial charge in [-0.1, -0.05) is 32.9 Å². The maximum atomic E-state index is 13.8. The largest absolute Gasteiger partial charge is 0.497 e. The molecule has 3 amide bonds. The minimum atomic E-state index is -0.728. The van der Waals surface area contributed by atoms with Gasteiger partial charge in [-0.25, -0.2) is 4.79 Å². The number of methoxy groups -OCH3 is 1. The van der Waals surface area contributed by atoms with Gasteiger partial charge in [0.15, 0.2) is 0 Å². The Kier molecular flexibility index (Phi) is 7.55. The maximum Gasteiger partial charge on any atom is 0.327 e.